The van der Waals surface area contributed by atoms with Crippen molar-refractivity contribution >= 4 is 46.3 Å². The summed E-state index contributed by atoms with van der Waals surface area (Å²) in [7, 11) is 3.82. The highest BCUT2D eigenvalue weighted by Crippen LogP contribution is 2.24. The third-order valence-electron chi connectivity index (χ3n) is 4.97. The zero-order valence-electron chi connectivity index (χ0n) is 16.0. The van der Waals surface area contributed by atoms with Crippen molar-refractivity contribution in [2.75, 3.05) is 25.0 Å². The number of rotatable bonds is 4. The predicted octanol–water partition coefficient (Wildman–Crippen LogP) is 3.05. The molecule has 2 aromatic heterocycles. The Hall–Kier alpha value is -1.29. The summed E-state index contributed by atoms with van der Waals surface area (Å²) in [6.45, 7) is 7.10. The number of guanidine groups is 1. The minimum atomic E-state index is 0. The lowest BCUT2D eigenvalue weighted by atomic mass is 10.1. The quantitative estimate of drug-likeness (QED) is 0.395. The van der Waals surface area contributed by atoms with Gasteiger partial charge >= 0.3 is 0 Å². The van der Waals surface area contributed by atoms with E-state index in [1.54, 1.807) is 0 Å². The number of hydrogen-bond donors (Lipinski definition) is 2. The van der Waals surface area contributed by atoms with Crippen molar-refractivity contribution in [3.8, 4) is 0 Å². The minimum absolute atomic E-state index is 0. The van der Waals surface area contributed by atoms with Gasteiger partial charge in [-0.3, -0.25) is 9.67 Å². The largest absolute Gasteiger partial charge is 0.363 e. The lowest BCUT2D eigenvalue weighted by Crippen LogP contribution is -2.48. The molecule has 2 aromatic rings. The van der Waals surface area contributed by atoms with Gasteiger partial charge in [-0.1, -0.05) is 0 Å². The van der Waals surface area contributed by atoms with Crippen LogP contribution in [0.1, 0.15) is 29.8 Å². The van der Waals surface area contributed by atoms with Crippen molar-refractivity contribution in [3.63, 3.8) is 0 Å². The molecule has 3 rings (SSSR count). The van der Waals surface area contributed by atoms with Crippen LogP contribution in [0.3, 0.4) is 0 Å². The molecule has 0 spiro atoms. The van der Waals surface area contributed by atoms with Crippen LogP contribution < -0.4 is 15.5 Å². The molecule has 0 aliphatic carbocycles. The average Bonchev–Trinajstić information content (AvgIpc) is 3.22. The standard InChI is InChI=1S/C18H28N6S.HI/c1-13-16(14(2)23(4)22-13)12-20-18(19-3)21-15-7-9-24(10-8-15)17-6-5-11-25-17;/h5-6,11,15H,7-10,12H2,1-4H3,(H2,19,20,21);1H. The zero-order chi connectivity index (χ0) is 17.8. The molecule has 1 aliphatic heterocycles. The van der Waals surface area contributed by atoms with Crippen LogP contribution in [-0.2, 0) is 13.6 Å². The average molecular weight is 488 g/mol. The molecular weight excluding hydrogens is 459 g/mol. The number of hydrogen-bond acceptors (Lipinski definition) is 4. The molecule has 0 saturated carbocycles. The molecule has 0 unspecified atom stereocenters. The number of nitrogens with zero attached hydrogens (tertiary/aromatic N) is 4. The van der Waals surface area contributed by atoms with E-state index in [4.69, 9.17) is 0 Å². The summed E-state index contributed by atoms with van der Waals surface area (Å²) < 4.78 is 1.93. The first-order valence-electron chi connectivity index (χ1n) is 8.83. The van der Waals surface area contributed by atoms with E-state index in [2.05, 4.69) is 57.0 Å². The number of aromatic nitrogens is 2. The van der Waals surface area contributed by atoms with Crippen molar-refractivity contribution in [1.29, 1.82) is 0 Å². The highest BCUT2D eigenvalue weighted by molar-refractivity contribution is 14.0. The molecule has 6 nitrogen and oxygen atoms in total. The molecule has 1 saturated heterocycles. The van der Waals surface area contributed by atoms with E-state index < -0.39 is 0 Å². The van der Waals surface area contributed by atoms with Crippen LogP contribution in [0.25, 0.3) is 0 Å². The van der Waals surface area contributed by atoms with Gasteiger partial charge in [-0.25, -0.2) is 0 Å². The smallest absolute Gasteiger partial charge is 0.191 e. The van der Waals surface area contributed by atoms with Crippen molar-refractivity contribution in [1.82, 2.24) is 20.4 Å². The maximum atomic E-state index is 4.47. The molecule has 26 heavy (non-hydrogen) atoms. The monoisotopic (exact) mass is 488 g/mol. The highest BCUT2D eigenvalue weighted by Gasteiger charge is 2.21. The number of halogens is 1. The van der Waals surface area contributed by atoms with Crippen molar-refractivity contribution < 1.29 is 0 Å². The topological polar surface area (TPSA) is 57.5 Å². The highest BCUT2D eigenvalue weighted by atomic mass is 127. The van der Waals surface area contributed by atoms with Gasteiger partial charge in [0.15, 0.2) is 5.96 Å². The molecule has 144 valence electrons. The van der Waals surface area contributed by atoms with Crippen molar-refractivity contribution in [3.05, 3.63) is 34.5 Å². The van der Waals surface area contributed by atoms with Crippen LogP contribution in [-0.4, -0.2) is 41.9 Å². The van der Waals surface area contributed by atoms with Gasteiger partial charge in [0.2, 0.25) is 0 Å². The van der Waals surface area contributed by atoms with E-state index in [0.717, 1.165) is 44.1 Å². The first-order valence-corrected chi connectivity index (χ1v) is 9.71. The van der Waals surface area contributed by atoms with Crippen LogP contribution in [0.4, 0.5) is 5.00 Å². The molecule has 1 fully saturated rings. The molecule has 0 radical (unpaired) electrons. The molecule has 2 N–H and O–H groups in total. The van der Waals surface area contributed by atoms with Crippen molar-refractivity contribution in [2.45, 2.75) is 39.3 Å². The SMILES string of the molecule is CN=C(NCc1c(C)nn(C)c1C)NC1CCN(c2cccs2)CC1.I. The second kappa shape index (κ2) is 9.59. The summed E-state index contributed by atoms with van der Waals surface area (Å²) in [4.78, 5) is 6.86. The molecule has 1 aliphatic rings. The summed E-state index contributed by atoms with van der Waals surface area (Å²) >= 11 is 1.82. The fourth-order valence-corrected chi connectivity index (χ4v) is 4.11. The normalized spacial score (nSPS) is 15.7. The van der Waals surface area contributed by atoms with Crippen molar-refractivity contribution in [2.24, 2.45) is 12.0 Å². The molecule has 0 aromatic carbocycles. The second-order valence-corrected chi connectivity index (χ2v) is 7.48. The fourth-order valence-electron chi connectivity index (χ4n) is 3.33. The molecule has 0 bridgehead atoms. The number of piperidine rings is 1. The first-order chi connectivity index (χ1) is 12.1. The van der Waals surface area contributed by atoms with Crippen LogP contribution in [0.2, 0.25) is 0 Å². The number of nitrogens with one attached hydrogen (secondary N) is 2. The maximum absolute atomic E-state index is 4.47. The van der Waals surface area contributed by atoms with Gasteiger partial charge in [-0.2, -0.15) is 5.10 Å². The Kier molecular flexibility index (Phi) is 7.75. The predicted molar refractivity (Wildman–Crippen MR) is 121 cm³/mol. The number of aliphatic imine (C=N–C) groups is 1. The first kappa shape index (κ1) is 21.0. The molecule has 3 heterocycles. The van der Waals surface area contributed by atoms with E-state index in [1.165, 1.54) is 16.3 Å². The van der Waals surface area contributed by atoms with Gasteiger partial charge in [-0.15, -0.1) is 35.3 Å². The third kappa shape index (κ3) is 4.91. The fraction of sp³-hybridized carbons (Fsp3) is 0.556. The van der Waals surface area contributed by atoms with E-state index in [-0.39, 0.29) is 24.0 Å². The summed E-state index contributed by atoms with van der Waals surface area (Å²) in [5.74, 6) is 0.872. The third-order valence-corrected chi connectivity index (χ3v) is 5.90. The van der Waals surface area contributed by atoms with Gasteiger partial charge in [0.05, 0.1) is 10.7 Å². The van der Waals surface area contributed by atoms with Crippen LogP contribution >= 0.6 is 35.3 Å². The Morgan fingerprint density at radius 2 is 2.08 bits per heavy atom. The van der Waals surface area contributed by atoms with Gasteiger partial charge < -0.3 is 15.5 Å². The molecular formula is C18H29IN6S. The van der Waals surface area contributed by atoms with E-state index in [1.807, 2.05) is 30.1 Å². The van der Waals surface area contributed by atoms with Gasteiger partial charge in [-0.05, 0) is 44.2 Å². The summed E-state index contributed by atoms with van der Waals surface area (Å²) in [5.41, 5.74) is 3.52. The Labute approximate surface area is 177 Å². The number of thiophene rings is 1. The number of anilines is 1. The van der Waals surface area contributed by atoms with Crippen LogP contribution in [0, 0.1) is 13.8 Å². The summed E-state index contributed by atoms with van der Waals surface area (Å²) in [5, 5.41) is 15.0. The summed E-state index contributed by atoms with van der Waals surface area (Å²) in [6, 6.07) is 4.80. The molecule has 8 heteroatoms. The lowest BCUT2D eigenvalue weighted by molar-refractivity contribution is 0.462. The number of aryl methyl sites for hydroxylation is 2. The van der Waals surface area contributed by atoms with Gasteiger partial charge in [0.25, 0.3) is 0 Å². The molecule has 0 atom stereocenters. The Morgan fingerprint density at radius 1 is 1.35 bits per heavy atom. The molecule has 0 amide bonds. The Balaban J connectivity index is 0.00000243. The summed E-state index contributed by atoms with van der Waals surface area (Å²) in [6.07, 6.45) is 2.26. The second-order valence-electron chi connectivity index (χ2n) is 6.56. The lowest BCUT2D eigenvalue weighted by Gasteiger charge is -2.33. The van der Waals surface area contributed by atoms with Crippen LogP contribution in [0.15, 0.2) is 22.5 Å². The maximum Gasteiger partial charge on any atom is 0.191 e. The Bertz CT molecular complexity index is 716. The zero-order valence-corrected chi connectivity index (χ0v) is 19.1. The Morgan fingerprint density at radius 3 is 2.62 bits per heavy atom. The van der Waals surface area contributed by atoms with Crippen LogP contribution in [0.5, 0.6) is 0 Å². The van der Waals surface area contributed by atoms with Gasteiger partial charge in [0, 0.05) is 51.0 Å². The van der Waals surface area contributed by atoms with E-state index in [0.29, 0.717) is 6.04 Å². The van der Waals surface area contributed by atoms with E-state index in [9.17, 15) is 0 Å². The minimum Gasteiger partial charge on any atom is -0.363 e. The van der Waals surface area contributed by atoms with Gasteiger partial charge in [0.1, 0.15) is 0 Å². The van der Waals surface area contributed by atoms with E-state index >= 15 is 0 Å².